The third kappa shape index (κ3) is 5.54. The number of carbonyl (C=O) groups is 2. The zero-order valence-electron chi connectivity index (χ0n) is 25.2. The van der Waals surface area contributed by atoms with Gasteiger partial charge < -0.3 is 29.8 Å². The highest BCUT2D eigenvalue weighted by atomic mass is 79.9. The molecule has 0 saturated carbocycles. The molecule has 13 heteroatoms. The van der Waals surface area contributed by atoms with E-state index in [0.717, 1.165) is 33.5 Å². The number of aliphatic hydroxyl groups is 1. The molecule has 3 aliphatic heterocycles. The van der Waals surface area contributed by atoms with Gasteiger partial charge in [0.1, 0.15) is 0 Å². The fraction of sp³-hybridized carbons (Fsp3) is 0.484. The highest BCUT2D eigenvalue weighted by Gasteiger charge is 2.66. The Kier molecular flexibility index (Phi) is 8.54. The van der Waals surface area contributed by atoms with Gasteiger partial charge in [-0.1, -0.05) is 40.2 Å². The van der Waals surface area contributed by atoms with Gasteiger partial charge in [-0.05, 0) is 55.4 Å². The second-order valence-electron chi connectivity index (χ2n) is 12.5. The molecule has 2 aromatic carbocycles. The number of nitrogens with one attached hydrogen (secondary N) is 1. The summed E-state index contributed by atoms with van der Waals surface area (Å²) in [5.74, 6) is -0.357. The quantitative estimate of drug-likeness (QED) is 0.294. The van der Waals surface area contributed by atoms with Gasteiger partial charge in [0.15, 0.2) is 13.9 Å². The summed E-state index contributed by atoms with van der Waals surface area (Å²) in [6.07, 6.45) is 2.44. The molecule has 3 aliphatic rings. The molecule has 1 spiro atoms. The van der Waals surface area contributed by atoms with Gasteiger partial charge in [0, 0.05) is 66.0 Å². The van der Waals surface area contributed by atoms with Gasteiger partial charge >= 0.3 is 0 Å². The lowest BCUT2D eigenvalue weighted by Crippen LogP contribution is -2.48. The SMILES string of the molecule is C[C@H]1[C@H]([Si](C)(C)O)[C@@H](CCn2cc(CCO)nn2)O[C@]12C(=O)N(Cc1ccc(N3CCNCC3=O)cc1)c1ccc(Br)cc12. The summed E-state index contributed by atoms with van der Waals surface area (Å²) in [6, 6.07) is 13.7. The topological polar surface area (TPSA) is 133 Å². The molecule has 234 valence electrons. The minimum absolute atomic E-state index is 0.00436. The maximum absolute atomic E-state index is 14.6. The number of carbonyl (C=O) groups excluding carboxylic acids is 2. The van der Waals surface area contributed by atoms with E-state index in [1.165, 1.54) is 0 Å². The molecule has 2 saturated heterocycles. The number of benzene rings is 2. The summed E-state index contributed by atoms with van der Waals surface area (Å²) in [6.45, 7) is 8.44. The van der Waals surface area contributed by atoms with Crippen molar-refractivity contribution < 1.29 is 24.2 Å². The van der Waals surface area contributed by atoms with Gasteiger partial charge in [-0.25, -0.2) is 0 Å². The fourth-order valence-corrected chi connectivity index (χ4v) is 10.2. The monoisotopic (exact) mass is 682 g/mol. The number of rotatable bonds is 9. The number of fused-ring (bicyclic) bond motifs is 2. The number of halogens is 1. The molecule has 44 heavy (non-hydrogen) atoms. The second-order valence-corrected chi connectivity index (χ2v) is 17.4. The van der Waals surface area contributed by atoms with Crippen LogP contribution in [0.3, 0.4) is 0 Å². The summed E-state index contributed by atoms with van der Waals surface area (Å²) in [7, 11) is -2.80. The first-order valence-electron chi connectivity index (χ1n) is 15.1. The Morgan fingerprint density at radius 3 is 2.66 bits per heavy atom. The summed E-state index contributed by atoms with van der Waals surface area (Å²) in [4.78, 5) is 42.2. The van der Waals surface area contributed by atoms with Crippen molar-refractivity contribution in [1.82, 2.24) is 20.3 Å². The number of anilines is 2. The fourth-order valence-electron chi connectivity index (χ4n) is 7.26. The maximum atomic E-state index is 14.6. The van der Waals surface area contributed by atoms with Gasteiger partial charge in [0.25, 0.3) is 5.91 Å². The molecule has 3 aromatic rings. The van der Waals surface area contributed by atoms with E-state index in [9.17, 15) is 19.5 Å². The Bertz CT molecular complexity index is 1540. The first kappa shape index (κ1) is 31.1. The summed E-state index contributed by atoms with van der Waals surface area (Å²) in [5.41, 5.74) is 2.67. The average molecular weight is 684 g/mol. The lowest BCUT2D eigenvalue weighted by Gasteiger charge is -2.32. The third-order valence-corrected chi connectivity index (χ3v) is 12.2. The zero-order chi connectivity index (χ0) is 31.2. The largest absolute Gasteiger partial charge is 0.432 e. The average Bonchev–Trinajstić information content (AvgIpc) is 3.63. The van der Waals surface area contributed by atoms with E-state index in [2.05, 4.69) is 31.6 Å². The molecule has 2 amide bonds. The van der Waals surface area contributed by atoms with Gasteiger partial charge in [-0.3, -0.25) is 14.3 Å². The van der Waals surface area contributed by atoms with Crippen molar-refractivity contribution in [3.05, 3.63) is 70.0 Å². The van der Waals surface area contributed by atoms with Crippen LogP contribution < -0.4 is 15.1 Å². The van der Waals surface area contributed by atoms with Crippen molar-refractivity contribution in [3.63, 3.8) is 0 Å². The third-order valence-electron chi connectivity index (χ3n) is 9.22. The van der Waals surface area contributed by atoms with Crippen LogP contribution in [0.15, 0.2) is 53.1 Å². The molecule has 0 radical (unpaired) electrons. The van der Waals surface area contributed by atoms with Crippen LogP contribution in [0.25, 0.3) is 0 Å². The second kappa shape index (κ2) is 12.1. The molecule has 11 nitrogen and oxygen atoms in total. The number of aryl methyl sites for hydroxylation is 1. The molecular weight excluding hydrogens is 644 g/mol. The van der Waals surface area contributed by atoms with Crippen molar-refractivity contribution >= 4 is 47.4 Å². The van der Waals surface area contributed by atoms with E-state index in [1.54, 1.807) is 14.5 Å². The molecule has 1 aromatic heterocycles. The smallest absolute Gasteiger partial charge is 0.264 e. The van der Waals surface area contributed by atoms with Crippen molar-refractivity contribution in [2.75, 3.05) is 36.0 Å². The van der Waals surface area contributed by atoms with Crippen LogP contribution in [-0.2, 0) is 39.4 Å². The molecule has 0 unspecified atom stereocenters. The van der Waals surface area contributed by atoms with Crippen LogP contribution in [0.2, 0.25) is 18.6 Å². The molecule has 6 rings (SSSR count). The van der Waals surface area contributed by atoms with Crippen LogP contribution in [0.1, 0.15) is 30.2 Å². The number of hydrogen-bond donors (Lipinski definition) is 3. The van der Waals surface area contributed by atoms with Crippen LogP contribution >= 0.6 is 15.9 Å². The van der Waals surface area contributed by atoms with Crippen molar-refractivity contribution in [1.29, 1.82) is 0 Å². The first-order valence-corrected chi connectivity index (χ1v) is 19.0. The number of hydrogen-bond acceptors (Lipinski definition) is 8. The summed E-state index contributed by atoms with van der Waals surface area (Å²) < 4.78 is 9.51. The van der Waals surface area contributed by atoms with Crippen molar-refractivity contribution in [3.8, 4) is 0 Å². The highest BCUT2D eigenvalue weighted by molar-refractivity contribution is 9.10. The van der Waals surface area contributed by atoms with Gasteiger partial charge in [0.2, 0.25) is 5.91 Å². The van der Waals surface area contributed by atoms with Gasteiger partial charge in [0.05, 0.1) is 30.6 Å². The van der Waals surface area contributed by atoms with Crippen molar-refractivity contribution in [2.24, 2.45) is 5.92 Å². The lowest BCUT2D eigenvalue weighted by atomic mass is 9.82. The predicted molar refractivity (Wildman–Crippen MR) is 172 cm³/mol. The van der Waals surface area contributed by atoms with E-state index in [-0.39, 0.29) is 36.0 Å². The minimum Gasteiger partial charge on any atom is -0.432 e. The number of aromatic nitrogens is 3. The lowest BCUT2D eigenvalue weighted by molar-refractivity contribution is -0.146. The predicted octanol–water partition coefficient (Wildman–Crippen LogP) is 2.95. The number of piperazine rings is 1. The molecule has 0 bridgehead atoms. The number of nitrogens with zero attached hydrogens (tertiary/aromatic N) is 5. The van der Waals surface area contributed by atoms with Gasteiger partial charge in [-0.15, -0.1) is 5.10 Å². The Morgan fingerprint density at radius 1 is 1.18 bits per heavy atom. The molecule has 0 aliphatic carbocycles. The Balaban J connectivity index is 1.29. The standard InChI is InChI=1S/C31H39BrN6O5Si/c1-20-29(44(2,3)42)27(10-13-36-19-23(11-15-39)34-35-36)43-31(20)25-16-22(32)6-9-26(25)38(30(31)41)18-21-4-7-24(8-5-21)37-14-12-33-17-28(37)40/h4-9,16,19-20,27,29,33,39,42H,10-15,17-18H2,1-3H3/t20-,27+,29-,31+/m0/s1. The highest BCUT2D eigenvalue weighted by Crippen LogP contribution is 2.60. The van der Waals surface area contributed by atoms with Crippen LogP contribution in [-0.4, -0.2) is 77.4 Å². The molecular formula is C31H39BrN6O5Si. The van der Waals surface area contributed by atoms with Gasteiger partial charge in [-0.2, -0.15) is 0 Å². The van der Waals surface area contributed by atoms with E-state index < -0.39 is 13.9 Å². The minimum atomic E-state index is -2.80. The van der Waals surface area contributed by atoms with E-state index >= 15 is 0 Å². The van der Waals surface area contributed by atoms with E-state index in [0.29, 0.717) is 44.7 Å². The molecule has 4 atom stereocenters. The zero-order valence-corrected chi connectivity index (χ0v) is 27.8. The molecule has 4 heterocycles. The molecule has 2 fully saturated rings. The summed E-state index contributed by atoms with van der Waals surface area (Å²) >= 11 is 3.62. The van der Waals surface area contributed by atoms with E-state index in [4.69, 9.17) is 4.74 Å². The Morgan fingerprint density at radius 2 is 1.95 bits per heavy atom. The van der Waals surface area contributed by atoms with Crippen molar-refractivity contribution in [2.45, 2.75) is 63.2 Å². The van der Waals surface area contributed by atoms with Crippen LogP contribution in [0.5, 0.6) is 0 Å². The van der Waals surface area contributed by atoms with E-state index in [1.807, 2.05) is 68.7 Å². The summed E-state index contributed by atoms with van der Waals surface area (Å²) in [5, 5.41) is 20.7. The first-order chi connectivity index (χ1) is 21.0. The normalized spacial score (nSPS) is 25.4. The van der Waals surface area contributed by atoms with Crippen LogP contribution in [0, 0.1) is 5.92 Å². The Labute approximate surface area is 266 Å². The Hall–Kier alpha value is -2.94. The number of amides is 2. The maximum Gasteiger partial charge on any atom is 0.264 e. The number of ether oxygens (including phenoxy) is 1. The number of aliphatic hydroxyl groups excluding tert-OH is 1. The molecule has 3 N–H and O–H groups in total. The van der Waals surface area contributed by atoms with Crippen LogP contribution in [0.4, 0.5) is 11.4 Å².